The van der Waals surface area contributed by atoms with Crippen LogP contribution in [0.1, 0.15) is 99.3 Å². The number of allylic oxidation sites excluding steroid dienone is 6. The lowest BCUT2D eigenvalue weighted by Gasteiger charge is -2.44. The average molecular weight is 384 g/mol. The Morgan fingerprint density at radius 1 is 1.18 bits per heavy atom. The highest BCUT2D eigenvalue weighted by atomic mass is 16.5. The summed E-state index contributed by atoms with van der Waals surface area (Å²) in [4.78, 5) is 0. The Bertz CT molecular complexity index is 618. The number of hydrogen-bond donors (Lipinski definition) is 0. The van der Waals surface area contributed by atoms with Crippen LogP contribution in [0.5, 0.6) is 0 Å². The van der Waals surface area contributed by atoms with E-state index in [1.54, 1.807) is 5.57 Å². The van der Waals surface area contributed by atoms with E-state index >= 15 is 0 Å². The third kappa shape index (κ3) is 7.07. The third-order valence-electron chi connectivity index (χ3n) is 6.71. The largest absolute Gasteiger partial charge is 0.367 e. The Hall–Kier alpha value is -1.08. The summed E-state index contributed by atoms with van der Waals surface area (Å²) in [6, 6.07) is 0. The molecule has 0 aromatic rings. The minimum Gasteiger partial charge on any atom is -0.367 e. The molecule has 3 unspecified atom stereocenters. The van der Waals surface area contributed by atoms with E-state index in [2.05, 4.69) is 72.3 Å². The lowest BCUT2D eigenvalue weighted by molar-refractivity contribution is -0.110. The summed E-state index contributed by atoms with van der Waals surface area (Å²) in [7, 11) is 0. The molecule has 0 bridgehead atoms. The molecule has 0 N–H and O–H groups in total. The van der Waals surface area contributed by atoms with Crippen molar-refractivity contribution >= 4 is 0 Å². The lowest BCUT2D eigenvalue weighted by Crippen LogP contribution is -2.43. The predicted octanol–water partition coefficient (Wildman–Crippen LogP) is 8.29. The van der Waals surface area contributed by atoms with Crippen molar-refractivity contribution in [3.8, 4) is 0 Å². The number of fused-ring (bicyclic) bond motifs is 1. The van der Waals surface area contributed by atoms with Gasteiger partial charge >= 0.3 is 0 Å². The van der Waals surface area contributed by atoms with Crippen LogP contribution in [0.25, 0.3) is 0 Å². The Morgan fingerprint density at radius 2 is 1.89 bits per heavy atom. The van der Waals surface area contributed by atoms with Crippen molar-refractivity contribution in [3.05, 3.63) is 53.0 Å². The van der Waals surface area contributed by atoms with Gasteiger partial charge in [0.15, 0.2) is 0 Å². The normalized spacial score (nSPS) is 28.6. The molecule has 1 saturated heterocycles. The van der Waals surface area contributed by atoms with Crippen molar-refractivity contribution in [3.63, 3.8) is 0 Å². The topological polar surface area (TPSA) is 9.23 Å². The van der Waals surface area contributed by atoms with Gasteiger partial charge in [0.05, 0.1) is 11.7 Å². The maximum Gasteiger partial charge on any atom is 0.0858 e. The van der Waals surface area contributed by atoms with Crippen molar-refractivity contribution in [1.82, 2.24) is 0 Å². The minimum absolute atomic E-state index is 0.0253. The van der Waals surface area contributed by atoms with E-state index in [-0.39, 0.29) is 5.60 Å². The Kier molecular flexibility index (Phi) is 9.28. The number of hydrogen-bond acceptors (Lipinski definition) is 1. The lowest BCUT2D eigenvalue weighted by atomic mass is 9.78. The van der Waals surface area contributed by atoms with Gasteiger partial charge in [0.1, 0.15) is 0 Å². The fraction of sp³-hybridized carbons (Fsp3) is 0.667. The SMILES string of the molecule is C[CH-]CCC/C(C)=C/CC/C(C)=C/CCC1(C)CCC2=CC=C(C)C(C)C2O1. The van der Waals surface area contributed by atoms with Crippen LogP contribution < -0.4 is 0 Å². The van der Waals surface area contributed by atoms with Gasteiger partial charge in [0.2, 0.25) is 0 Å². The quantitative estimate of drug-likeness (QED) is 0.209. The molecule has 0 amide bonds. The van der Waals surface area contributed by atoms with Crippen molar-refractivity contribution in [2.45, 2.75) is 111 Å². The molecule has 0 radical (unpaired) electrons. The van der Waals surface area contributed by atoms with Gasteiger partial charge in [-0.05, 0) is 78.2 Å². The smallest absolute Gasteiger partial charge is 0.0858 e. The molecule has 0 spiro atoms. The molecule has 158 valence electrons. The van der Waals surface area contributed by atoms with Crippen LogP contribution >= 0.6 is 0 Å². The number of ether oxygens (including phenoxy) is 1. The van der Waals surface area contributed by atoms with Crippen LogP contribution in [-0.4, -0.2) is 11.7 Å². The van der Waals surface area contributed by atoms with Gasteiger partial charge in [0, 0.05) is 5.92 Å². The van der Waals surface area contributed by atoms with Crippen LogP contribution in [-0.2, 0) is 4.74 Å². The summed E-state index contributed by atoms with van der Waals surface area (Å²) in [5.41, 5.74) is 6.05. The first-order valence-corrected chi connectivity index (χ1v) is 11.5. The Labute approximate surface area is 175 Å². The van der Waals surface area contributed by atoms with E-state index < -0.39 is 0 Å². The second-order valence-corrected chi connectivity index (χ2v) is 9.41. The summed E-state index contributed by atoms with van der Waals surface area (Å²) in [6.45, 7) is 13.6. The molecule has 0 saturated carbocycles. The first kappa shape index (κ1) is 23.2. The third-order valence-corrected chi connectivity index (χ3v) is 6.71. The van der Waals surface area contributed by atoms with E-state index in [1.165, 1.54) is 55.2 Å². The molecule has 1 heteroatoms. The first-order valence-electron chi connectivity index (χ1n) is 11.5. The molecule has 2 rings (SSSR count). The maximum atomic E-state index is 6.65. The van der Waals surface area contributed by atoms with Crippen molar-refractivity contribution in [2.24, 2.45) is 5.92 Å². The van der Waals surface area contributed by atoms with Gasteiger partial charge in [-0.25, -0.2) is 0 Å². The molecule has 1 heterocycles. The van der Waals surface area contributed by atoms with Gasteiger partial charge in [-0.1, -0.05) is 54.4 Å². The highest BCUT2D eigenvalue weighted by Crippen LogP contribution is 2.41. The van der Waals surface area contributed by atoms with Crippen LogP contribution in [0.15, 0.2) is 46.6 Å². The van der Waals surface area contributed by atoms with Crippen molar-refractivity contribution < 1.29 is 4.74 Å². The zero-order valence-electron chi connectivity index (χ0n) is 19.3. The molecule has 0 aromatic carbocycles. The second-order valence-electron chi connectivity index (χ2n) is 9.41. The molecule has 1 fully saturated rings. The summed E-state index contributed by atoms with van der Waals surface area (Å²) >= 11 is 0. The zero-order valence-corrected chi connectivity index (χ0v) is 19.3. The summed E-state index contributed by atoms with van der Waals surface area (Å²) in [5, 5.41) is 0. The standard InChI is InChI=1S/C27H43O/c1-7-8-9-12-21(2)13-10-14-22(3)15-11-19-27(6)20-18-25-17-16-23(4)24(5)26(25)28-27/h7,13,15-17,24,26H,8-12,14,18-20H2,1-6H3/q-1/b21-13+,22-15+. The number of unbranched alkanes of at least 4 members (excludes halogenated alkanes) is 2. The summed E-state index contributed by atoms with van der Waals surface area (Å²) in [5.74, 6) is 0.516. The first-order chi connectivity index (χ1) is 13.3. The van der Waals surface area contributed by atoms with Gasteiger partial charge in [-0.15, -0.1) is 0 Å². The highest BCUT2D eigenvalue weighted by molar-refractivity contribution is 5.30. The summed E-state index contributed by atoms with van der Waals surface area (Å²) in [6.07, 6.45) is 22.8. The van der Waals surface area contributed by atoms with Gasteiger partial charge in [-0.3, -0.25) is 0 Å². The van der Waals surface area contributed by atoms with Gasteiger partial charge in [-0.2, -0.15) is 13.3 Å². The summed E-state index contributed by atoms with van der Waals surface area (Å²) < 4.78 is 6.65. The van der Waals surface area contributed by atoms with E-state index in [1.807, 2.05) is 0 Å². The van der Waals surface area contributed by atoms with Crippen molar-refractivity contribution in [1.29, 1.82) is 0 Å². The predicted molar refractivity (Wildman–Crippen MR) is 123 cm³/mol. The molecule has 1 nitrogen and oxygen atoms in total. The molecule has 3 atom stereocenters. The number of rotatable bonds is 10. The van der Waals surface area contributed by atoms with Gasteiger partial charge in [0.25, 0.3) is 0 Å². The van der Waals surface area contributed by atoms with Crippen molar-refractivity contribution in [2.75, 3.05) is 0 Å². The van der Waals surface area contributed by atoms with E-state index in [9.17, 15) is 0 Å². The monoisotopic (exact) mass is 383 g/mol. The molecular weight excluding hydrogens is 340 g/mol. The zero-order chi connectivity index (χ0) is 20.6. The van der Waals surface area contributed by atoms with Crippen LogP contribution in [0.2, 0.25) is 0 Å². The molecule has 1 aliphatic heterocycles. The second kappa shape index (κ2) is 11.2. The fourth-order valence-corrected chi connectivity index (χ4v) is 4.37. The highest BCUT2D eigenvalue weighted by Gasteiger charge is 2.38. The fourth-order valence-electron chi connectivity index (χ4n) is 4.37. The van der Waals surface area contributed by atoms with E-state index in [0.717, 1.165) is 19.3 Å². The average Bonchev–Trinajstić information content (AvgIpc) is 2.65. The van der Waals surface area contributed by atoms with Crippen LogP contribution in [0.4, 0.5) is 0 Å². The van der Waals surface area contributed by atoms with Gasteiger partial charge < -0.3 is 11.2 Å². The molecule has 1 aliphatic carbocycles. The maximum absolute atomic E-state index is 6.65. The van der Waals surface area contributed by atoms with E-state index in [0.29, 0.717) is 12.0 Å². The van der Waals surface area contributed by atoms with E-state index in [4.69, 9.17) is 4.74 Å². The Morgan fingerprint density at radius 3 is 2.64 bits per heavy atom. The molecule has 2 aliphatic rings. The van der Waals surface area contributed by atoms with Crippen LogP contribution in [0.3, 0.4) is 0 Å². The molecular formula is C27H43O-. The van der Waals surface area contributed by atoms with Crippen LogP contribution in [0, 0.1) is 12.3 Å². The Balaban J connectivity index is 1.75. The minimum atomic E-state index is 0.0253. The molecule has 0 aromatic heterocycles. The molecule has 28 heavy (non-hydrogen) atoms.